The summed E-state index contributed by atoms with van der Waals surface area (Å²) in [7, 11) is 0. The van der Waals surface area contributed by atoms with E-state index >= 15 is 0 Å². The highest BCUT2D eigenvalue weighted by molar-refractivity contribution is 6.06. The van der Waals surface area contributed by atoms with Crippen molar-refractivity contribution in [1.29, 1.82) is 0 Å². The van der Waals surface area contributed by atoms with Gasteiger partial charge in [-0.05, 0) is 44.2 Å². The molecule has 0 radical (unpaired) electrons. The van der Waals surface area contributed by atoms with Gasteiger partial charge in [0.25, 0.3) is 5.91 Å². The number of pyridine rings is 2. The van der Waals surface area contributed by atoms with Crippen molar-refractivity contribution in [2.45, 2.75) is 20.3 Å². The molecule has 4 nitrogen and oxygen atoms in total. The molecule has 4 heteroatoms. The third-order valence-corrected chi connectivity index (χ3v) is 3.73. The molecular weight excluding hydrogens is 286 g/mol. The number of carbonyl (C=O) groups excluding carboxylic acids is 1. The maximum absolute atomic E-state index is 12.6. The van der Waals surface area contributed by atoms with Crippen LogP contribution in [0.1, 0.15) is 27.3 Å². The summed E-state index contributed by atoms with van der Waals surface area (Å²) < 4.78 is 0. The van der Waals surface area contributed by atoms with Crippen LogP contribution in [0.5, 0.6) is 0 Å². The molecule has 1 amide bonds. The molecule has 0 saturated carbocycles. The number of amides is 1. The lowest BCUT2D eigenvalue weighted by molar-refractivity contribution is 0.0955. The van der Waals surface area contributed by atoms with Crippen LogP contribution in [0.2, 0.25) is 0 Å². The highest BCUT2D eigenvalue weighted by Gasteiger charge is 2.12. The minimum Gasteiger partial charge on any atom is -0.352 e. The molecule has 0 fully saturated rings. The smallest absolute Gasteiger partial charge is 0.252 e. The molecule has 0 unspecified atom stereocenters. The minimum absolute atomic E-state index is 0.0676. The van der Waals surface area contributed by atoms with Crippen LogP contribution >= 0.6 is 0 Å². The van der Waals surface area contributed by atoms with Crippen molar-refractivity contribution in [1.82, 2.24) is 15.3 Å². The van der Waals surface area contributed by atoms with Crippen LogP contribution < -0.4 is 5.32 Å². The molecule has 0 aliphatic heterocycles. The summed E-state index contributed by atoms with van der Waals surface area (Å²) in [5.41, 5.74) is 4.46. The van der Waals surface area contributed by atoms with Crippen molar-refractivity contribution >= 4 is 16.8 Å². The summed E-state index contributed by atoms with van der Waals surface area (Å²) in [5, 5.41) is 3.87. The largest absolute Gasteiger partial charge is 0.352 e. The average Bonchev–Trinajstić information content (AvgIpc) is 2.55. The van der Waals surface area contributed by atoms with Gasteiger partial charge >= 0.3 is 0 Å². The average molecular weight is 305 g/mol. The first-order valence-corrected chi connectivity index (χ1v) is 7.69. The van der Waals surface area contributed by atoms with Gasteiger partial charge in [0.05, 0.1) is 11.1 Å². The number of carbonyl (C=O) groups is 1. The summed E-state index contributed by atoms with van der Waals surface area (Å²) in [6, 6.07) is 13.6. The summed E-state index contributed by atoms with van der Waals surface area (Å²) >= 11 is 0. The van der Waals surface area contributed by atoms with E-state index < -0.39 is 0 Å². The van der Waals surface area contributed by atoms with Gasteiger partial charge in [-0.1, -0.05) is 17.7 Å². The lowest BCUT2D eigenvalue weighted by atomic mass is 10.0. The number of aryl methyl sites for hydroxylation is 2. The fourth-order valence-electron chi connectivity index (χ4n) is 2.61. The summed E-state index contributed by atoms with van der Waals surface area (Å²) in [6.07, 6.45) is 2.48. The normalized spacial score (nSPS) is 10.7. The van der Waals surface area contributed by atoms with Gasteiger partial charge in [-0.25, -0.2) is 0 Å². The number of nitrogens with one attached hydrogen (secondary N) is 1. The van der Waals surface area contributed by atoms with Gasteiger partial charge < -0.3 is 5.32 Å². The van der Waals surface area contributed by atoms with Gasteiger partial charge in [-0.3, -0.25) is 14.8 Å². The van der Waals surface area contributed by atoms with E-state index in [1.807, 2.05) is 56.3 Å². The standard InChI is InChI=1S/C19H19N3O/c1-13-6-7-18-16(11-13)17(12-14(2)22-18)19(23)21-10-8-15-5-3-4-9-20-15/h3-7,9,11-12H,8,10H2,1-2H3,(H,21,23). The molecule has 116 valence electrons. The molecule has 2 heterocycles. The first kappa shape index (κ1) is 15.2. The fourth-order valence-corrected chi connectivity index (χ4v) is 2.61. The quantitative estimate of drug-likeness (QED) is 0.805. The molecule has 3 aromatic rings. The number of rotatable bonds is 4. The van der Waals surface area contributed by atoms with E-state index in [4.69, 9.17) is 0 Å². The summed E-state index contributed by atoms with van der Waals surface area (Å²) in [4.78, 5) is 21.3. The van der Waals surface area contributed by atoms with Crippen LogP contribution in [-0.4, -0.2) is 22.4 Å². The molecule has 0 aliphatic rings. The highest BCUT2D eigenvalue weighted by Crippen LogP contribution is 2.20. The molecule has 0 saturated heterocycles. The Hall–Kier alpha value is -2.75. The van der Waals surface area contributed by atoms with Crippen molar-refractivity contribution in [3.63, 3.8) is 0 Å². The Labute approximate surface area is 135 Å². The van der Waals surface area contributed by atoms with E-state index in [2.05, 4.69) is 15.3 Å². The highest BCUT2D eigenvalue weighted by atomic mass is 16.1. The number of hydrogen-bond acceptors (Lipinski definition) is 3. The van der Waals surface area contributed by atoms with Crippen LogP contribution in [-0.2, 0) is 6.42 Å². The second-order valence-corrected chi connectivity index (χ2v) is 5.66. The number of benzene rings is 1. The predicted octanol–water partition coefficient (Wildman–Crippen LogP) is 3.22. The van der Waals surface area contributed by atoms with E-state index in [9.17, 15) is 4.79 Å². The van der Waals surface area contributed by atoms with E-state index in [0.717, 1.165) is 27.9 Å². The SMILES string of the molecule is Cc1ccc2nc(C)cc(C(=O)NCCc3ccccn3)c2c1. The van der Waals surface area contributed by atoms with E-state index in [1.165, 1.54) is 0 Å². The topological polar surface area (TPSA) is 54.9 Å². The third kappa shape index (κ3) is 3.54. The van der Waals surface area contributed by atoms with Crippen molar-refractivity contribution < 1.29 is 4.79 Å². The summed E-state index contributed by atoms with van der Waals surface area (Å²) in [6.45, 7) is 4.48. The lowest BCUT2D eigenvalue weighted by Crippen LogP contribution is -2.26. The van der Waals surface area contributed by atoms with Gasteiger partial charge in [0.15, 0.2) is 0 Å². The molecule has 0 atom stereocenters. The van der Waals surface area contributed by atoms with Crippen molar-refractivity contribution in [3.05, 3.63) is 71.2 Å². The Morgan fingerprint density at radius 2 is 2.00 bits per heavy atom. The van der Waals surface area contributed by atoms with Crippen molar-refractivity contribution in [2.24, 2.45) is 0 Å². The fraction of sp³-hybridized carbons (Fsp3) is 0.211. The van der Waals surface area contributed by atoms with Crippen LogP contribution in [0, 0.1) is 13.8 Å². The molecule has 23 heavy (non-hydrogen) atoms. The van der Waals surface area contributed by atoms with Crippen LogP contribution in [0.3, 0.4) is 0 Å². The molecule has 0 bridgehead atoms. The van der Waals surface area contributed by atoms with E-state index in [0.29, 0.717) is 18.5 Å². The molecule has 0 aliphatic carbocycles. The summed E-state index contributed by atoms with van der Waals surface area (Å²) in [5.74, 6) is -0.0676. The Morgan fingerprint density at radius 3 is 2.78 bits per heavy atom. The molecule has 0 spiro atoms. The van der Waals surface area contributed by atoms with Crippen LogP contribution in [0.4, 0.5) is 0 Å². The van der Waals surface area contributed by atoms with Gasteiger partial charge in [0, 0.05) is 35.9 Å². The van der Waals surface area contributed by atoms with Gasteiger partial charge in [-0.15, -0.1) is 0 Å². The monoisotopic (exact) mass is 305 g/mol. The Balaban J connectivity index is 1.79. The molecule has 2 aromatic heterocycles. The van der Waals surface area contributed by atoms with Crippen molar-refractivity contribution in [2.75, 3.05) is 6.54 Å². The predicted molar refractivity (Wildman–Crippen MR) is 91.5 cm³/mol. The third-order valence-electron chi connectivity index (χ3n) is 3.73. The van der Waals surface area contributed by atoms with Crippen molar-refractivity contribution in [3.8, 4) is 0 Å². The second kappa shape index (κ2) is 6.57. The van der Waals surface area contributed by atoms with E-state index in [-0.39, 0.29) is 5.91 Å². The second-order valence-electron chi connectivity index (χ2n) is 5.66. The maximum atomic E-state index is 12.6. The zero-order valence-electron chi connectivity index (χ0n) is 13.3. The maximum Gasteiger partial charge on any atom is 0.252 e. The number of fused-ring (bicyclic) bond motifs is 1. The molecule has 1 N–H and O–H groups in total. The Kier molecular flexibility index (Phi) is 4.33. The van der Waals surface area contributed by atoms with Crippen LogP contribution in [0.15, 0.2) is 48.7 Å². The zero-order chi connectivity index (χ0) is 16.2. The van der Waals surface area contributed by atoms with E-state index in [1.54, 1.807) is 6.20 Å². The number of hydrogen-bond donors (Lipinski definition) is 1. The number of aromatic nitrogens is 2. The Morgan fingerprint density at radius 1 is 1.13 bits per heavy atom. The zero-order valence-corrected chi connectivity index (χ0v) is 13.3. The first-order valence-electron chi connectivity index (χ1n) is 7.69. The van der Waals surface area contributed by atoms with Gasteiger partial charge in [0.2, 0.25) is 0 Å². The van der Waals surface area contributed by atoms with Crippen LogP contribution in [0.25, 0.3) is 10.9 Å². The molecule has 3 rings (SSSR count). The molecule has 1 aromatic carbocycles. The first-order chi connectivity index (χ1) is 11.1. The number of nitrogens with zero attached hydrogens (tertiary/aromatic N) is 2. The molecular formula is C19H19N3O. The van der Waals surface area contributed by atoms with Gasteiger partial charge in [-0.2, -0.15) is 0 Å². The Bertz CT molecular complexity index is 844. The lowest BCUT2D eigenvalue weighted by Gasteiger charge is -2.09. The minimum atomic E-state index is -0.0676. The van der Waals surface area contributed by atoms with Gasteiger partial charge in [0.1, 0.15) is 0 Å².